The Hall–Kier alpha value is -3.74. The molecule has 0 saturated carbocycles. The van der Waals surface area contributed by atoms with Crippen LogP contribution in [0.3, 0.4) is 0 Å². The van der Waals surface area contributed by atoms with Gasteiger partial charge in [0.25, 0.3) is 5.69 Å². The average molecular weight is 349 g/mol. The summed E-state index contributed by atoms with van der Waals surface area (Å²) < 4.78 is 5.37. The number of carbonyl (C=O) groups is 1. The molecule has 0 N–H and O–H groups in total. The molecular formula is C19H15N3O4. The zero-order chi connectivity index (χ0) is 18.4. The van der Waals surface area contributed by atoms with Crippen LogP contribution in [-0.2, 0) is 6.54 Å². The molecule has 1 heterocycles. The van der Waals surface area contributed by atoms with Crippen LogP contribution in [0.1, 0.15) is 5.56 Å². The third kappa shape index (κ3) is 4.21. The Balaban J connectivity index is 1.81. The van der Waals surface area contributed by atoms with Crippen LogP contribution in [0.25, 0.3) is 0 Å². The maximum Gasteiger partial charge on any atom is 0.420 e. The maximum absolute atomic E-state index is 12.7. The number of carbonyl (C=O) groups excluding carboxylic acids is 1. The number of hydrogen-bond acceptors (Lipinski definition) is 5. The van der Waals surface area contributed by atoms with Crippen molar-refractivity contribution in [2.45, 2.75) is 6.54 Å². The van der Waals surface area contributed by atoms with E-state index in [0.717, 1.165) is 5.56 Å². The smallest absolute Gasteiger partial charge is 0.410 e. The molecule has 2 aromatic carbocycles. The number of rotatable bonds is 5. The van der Waals surface area contributed by atoms with Crippen molar-refractivity contribution in [1.82, 2.24) is 4.98 Å². The maximum atomic E-state index is 12.7. The van der Waals surface area contributed by atoms with Crippen LogP contribution in [0.4, 0.5) is 16.2 Å². The van der Waals surface area contributed by atoms with Crippen LogP contribution in [0, 0.1) is 10.1 Å². The second kappa shape index (κ2) is 7.89. The molecule has 0 fully saturated rings. The number of amides is 1. The van der Waals surface area contributed by atoms with Gasteiger partial charge in [-0.25, -0.2) is 4.79 Å². The number of non-ortho nitro benzene ring substituents is 1. The molecule has 26 heavy (non-hydrogen) atoms. The second-order valence-corrected chi connectivity index (χ2v) is 5.40. The van der Waals surface area contributed by atoms with E-state index in [4.69, 9.17) is 4.74 Å². The molecule has 7 heteroatoms. The molecule has 1 amide bonds. The van der Waals surface area contributed by atoms with E-state index in [-0.39, 0.29) is 11.4 Å². The van der Waals surface area contributed by atoms with Crippen LogP contribution >= 0.6 is 0 Å². The van der Waals surface area contributed by atoms with Crippen molar-refractivity contribution in [2.75, 3.05) is 4.90 Å². The first-order valence-corrected chi connectivity index (χ1v) is 7.81. The highest BCUT2D eigenvalue weighted by Crippen LogP contribution is 2.21. The lowest BCUT2D eigenvalue weighted by Crippen LogP contribution is -2.33. The van der Waals surface area contributed by atoms with Gasteiger partial charge in [-0.05, 0) is 29.8 Å². The van der Waals surface area contributed by atoms with Gasteiger partial charge in [0.15, 0.2) is 0 Å². The first-order chi connectivity index (χ1) is 12.6. The monoisotopic (exact) mass is 349 g/mol. The Labute approximate surface area is 149 Å². The molecule has 0 aliphatic heterocycles. The van der Waals surface area contributed by atoms with Crippen LogP contribution < -0.4 is 9.64 Å². The normalized spacial score (nSPS) is 10.2. The summed E-state index contributed by atoms with van der Waals surface area (Å²) >= 11 is 0. The number of benzene rings is 2. The Bertz CT molecular complexity index is 884. The molecule has 0 aliphatic carbocycles. The summed E-state index contributed by atoms with van der Waals surface area (Å²) in [6, 6.07) is 18.3. The number of anilines is 1. The van der Waals surface area contributed by atoms with Gasteiger partial charge in [0, 0.05) is 18.3 Å². The van der Waals surface area contributed by atoms with Crippen LogP contribution in [0.5, 0.6) is 5.75 Å². The SMILES string of the molecule is O=C(Oc1ccc([N+](=O)[O-])cc1)N(Cc1ccccc1)c1cccnc1. The highest BCUT2D eigenvalue weighted by molar-refractivity contribution is 5.88. The number of nitro benzene ring substituents is 1. The van der Waals surface area contributed by atoms with Crippen molar-refractivity contribution in [2.24, 2.45) is 0 Å². The molecule has 3 rings (SSSR count). The van der Waals surface area contributed by atoms with Crippen molar-refractivity contribution in [1.29, 1.82) is 0 Å². The molecule has 0 unspecified atom stereocenters. The van der Waals surface area contributed by atoms with Crippen molar-refractivity contribution in [3.05, 3.63) is 94.8 Å². The molecule has 0 atom stereocenters. The topological polar surface area (TPSA) is 85.6 Å². The van der Waals surface area contributed by atoms with Gasteiger partial charge in [0.2, 0.25) is 0 Å². The van der Waals surface area contributed by atoms with Crippen molar-refractivity contribution in [3.63, 3.8) is 0 Å². The van der Waals surface area contributed by atoms with Crippen molar-refractivity contribution in [3.8, 4) is 5.75 Å². The molecule has 130 valence electrons. The van der Waals surface area contributed by atoms with Gasteiger partial charge in [-0.15, -0.1) is 0 Å². The summed E-state index contributed by atoms with van der Waals surface area (Å²) in [6.45, 7) is 0.304. The lowest BCUT2D eigenvalue weighted by molar-refractivity contribution is -0.384. The Morgan fingerprint density at radius 2 is 1.77 bits per heavy atom. The molecule has 1 aromatic heterocycles. The molecule has 0 saturated heterocycles. The summed E-state index contributed by atoms with van der Waals surface area (Å²) in [5, 5.41) is 10.7. The molecule has 0 bridgehead atoms. The summed E-state index contributed by atoms with van der Waals surface area (Å²) in [5.74, 6) is 0.225. The van der Waals surface area contributed by atoms with Gasteiger partial charge >= 0.3 is 6.09 Å². The second-order valence-electron chi connectivity index (χ2n) is 5.40. The van der Waals surface area contributed by atoms with Crippen molar-refractivity contribution < 1.29 is 14.5 Å². The summed E-state index contributed by atoms with van der Waals surface area (Å²) in [7, 11) is 0. The number of nitro groups is 1. The highest BCUT2D eigenvalue weighted by atomic mass is 16.6. The first kappa shape index (κ1) is 17.1. The minimum absolute atomic E-state index is 0.0711. The highest BCUT2D eigenvalue weighted by Gasteiger charge is 2.19. The third-order valence-electron chi connectivity index (χ3n) is 3.61. The van der Waals surface area contributed by atoms with Gasteiger partial charge in [0.05, 0.1) is 23.4 Å². The molecule has 0 aliphatic rings. The first-order valence-electron chi connectivity index (χ1n) is 7.81. The van der Waals surface area contributed by atoms with Gasteiger partial charge in [-0.3, -0.25) is 20.0 Å². The number of ether oxygens (including phenoxy) is 1. The Morgan fingerprint density at radius 3 is 2.38 bits per heavy atom. The number of aromatic nitrogens is 1. The fourth-order valence-electron chi connectivity index (χ4n) is 2.33. The van der Waals surface area contributed by atoms with Crippen LogP contribution in [-0.4, -0.2) is 16.0 Å². The lowest BCUT2D eigenvalue weighted by Gasteiger charge is -2.21. The molecule has 0 spiro atoms. The van der Waals surface area contributed by atoms with Crippen LogP contribution in [0.15, 0.2) is 79.1 Å². The zero-order valence-electron chi connectivity index (χ0n) is 13.7. The van der Waals surface area contributed by atoms with E-state index in [9.17, 15) is 14.9 Å². The minimum atomic E-state index is -0.601. The number of pyridine rings is 1. The molecule has 3 aromatic rings. The predicted octanol–water partition coefficient (Wildman–Crippen LogP) is 4.20. The summed E-state index contributed by atoms with van der Waals surface area (Å²) in [6.07, 6.45) is 2.59. The minimum Gasteiger partial charge on any atom is -0.410 e. The lowest BCUT2D eigenvalue weighted by atomic mass is 10.2. The molecule has 7 nitrogen and oxygen atoms in total. The Kier molecular flexibility index (Phi) is 5.19. The van der Waals surface area contributed by atoms with E-state index < -0.39 is 11.0 Å². The van der Waals surface area contributed by atoms with E-state index >= 15 is 0 Å². The van der Waals surface area contributed by atoms with E-state index in [0.29, 0.717) is 12.2 Å². The summed E-state index contributed by atoms with van der Waals surface area (Å²) in [4.78, 5) is 28.4. The van der Waals surface area contributed by atoms with E-state index in [1.165, 1.54) is 29.2 Å². The van der Waals surface area contributed by atoms with Gasteiger partial charge in [-0.1, -0.05) is 30.3 Å². The zero-order valence-corrected chi connectivity index (χ0v) is 13.7. The van der Waals surface area contributed by atoms with E-state index in [1.54, 1.807) is 24.5 Å². The Morgan fingerprint density at radius 1 is 1.04 bits per heavy atom. The van der Waals surface area contributed by atoms with Crippen LogP contribution in [0.2, 0.25) is 0 Å². The van der Waals surface area contributed by atoms with Gasteiger partial charge in [0.1, 0.15) is 5.75 Å². The molecule has 0 radical (unpaired) electrons. The van der Waals surface area contributed by atoms with E-state index in [2.05, 4.69) is 4.98 Å². The summed E-state index contributed by atoms with van der Waals surface area (Å²) in [5.41, 5.74) is 1.44. The fourth-order valence-corrected chi connectivity index (χ4v) is 2.33. The fraction of sp³-hybridized carbons (Fsp3) is 0.0526. The third-order valence-corrected chi connectivity index (χ3v) is 3.61. The van der Waals surface area contributed by atoms with Gasteiger partial charge < -0.3 is 4.74 Å². The van der Waals surface area contributed by atoms with E-state index in [1.807, 2.05) is 30.3 Å². The molecular weight excluding hydrogens is 334 g/mol. The standard InChI is InChI=1S/C19H15N3O4/c23-19(26-18-10-8-16(9-11-18)22(24)25)21(17-7-4-12-20-13-17)14-15-5-2-1-3-6-15/h1-13H,14H2. The largest absolute Gasteiger partial charge is 0.420 e. The van der Waals surface area contributed by atoms with Gasteiger partial charge in [-0.2, -0.15) is 0 Å². The van der Waals surface area contributed by atoms with Crippen molar-refractivity contribution >= 4 is 17.5 Å². The number of hydrogen-bond donors (Lipinski definition) is 0. The average Bonchev–Trinajstić information content (AvgIpc) is 2.68. The predicted molar refractivity (Wildman–Crippen MR) is 96.0 cm³/mol. The number of nitrogens with zero attached hydrogens (tertiary/aromatic N) is 3. The quantitative estimate of drug-likeness (QED) is 0.509.